The molecule has 0 aliphatic carbocycles. The summed E-state index contributed by atoms with van der Waals surface area (Å²) < 4.78 is 31.2. The van der Waals surface area contributed by atoms with E-state index in [0.717, 1.165) is 40.4 Å². The fraction of sp³-hybridized carbons (Fsp3) is 0.259. The monoisotopic (exact) mass is 460 g/mol. The van der Waals surface area contributed by atoms with Gasteiger partial charge in [-0.1, -0.05) is 54.1 Å². The van der Waals surface area contributed by atoms with Gasteiger partial charge >= 0.3 is 0 Å². The van der Waals surface area contributed by atoms with E-state index in [9.17, 15) is 13.5 Å². The van der Waals surface area contributed by atoms with Gasteiger partial charge in [-0.2, -0.15) is 4.31 Å². The number of fused-ring (bicyclic) bond motifs is 1. The van der Waals surface area contributed by atoms with E-state index in [4.69, 9.17) is 0 Å². The molecule has 33 heavy (non-hydrogen) atoms. The first-order valence-corrected chi connectivity index (χ1v) is 12.7. The lowest BCUT2D eigenvalue weighted by atomic mass is 9.83. The minimum atomic E-state index is -3.68. The number of aromatic hydroxyl groups is 1. The maximum absolute atomic E-state index is 13.7. The van der Waals surface area contributed by atoms with Crippen molar-refractivity contribution in [3.05, 3.63) is 95.7 Å². The minimum Gasteiger partial charge on any atom is -0.508 e. The Morgan fingerprint density at radius 1 is 0.939 bits per heavy atom. The Kier molecular flexibility index (Phi) is 5.51. The number of hydrogen-bond acceptors (Lipinski definition) is 3. The fourth-order valence-electron chi connectivity index (χ4n) is 5.20. The lowest BCUT2D eigenvalue weighted by Crippen LogP contribution is -2.39. The van der Waals surface area contributed by atoms with Gasteiger partial charge in [0.2, 0.25) is 10.0 Å². The van der Waals surface area contributed by atoms with Crippen LogP contribution in [0.5, 0.6) is 5.75 Å². The van der Waals surface area contributed by atoms with Gasteiger partial charge in [-0.05, 0) is 49.6 Å². The number of phenols is 1. The van der Waals surface area contributed by atoms with Crippen LogP contribution in [0.25, 0.3) is 10.9 Å². The van der Waals surface area contributed by atoms with Gasteiger partial charge in [-0.3, -0.25) is 0 Å². The molecule has 170 valence electrons. The number of hydrogen-bond donors (Lipinski definition) is 1. The molecule has 3 aromatic carbocycles. The number of rotatable bonds is 5. The molecule has 2 heterocycles. The summed E-state index contributed by atoms with van der Waals surface area (Å²) in [5, 5.41) is 11.9. The highest BCUT2D eigenvalue weighted by atomic mass is 32.2. The van der Waals surface area contributed by atoms with Crippen molar-refractivity contribution in [1.29, 1.82) is 0 Å². The van der Waals surface area contributed by atoms with Crippen LogP contribution in [-0.4, -0.2) is 35.0 Å². The van der Waals surface area contributed by atoms with Crippen LogP contribution in [0.3, 0.4) is 0 Å². The van der Waals surface area contributed by atoms with Gasteiger partial charge in [0.15, 0.2) is 0 Å². The van der Waals surface area contributed by atoms with Crippen LogP contribution >= 0.6 is 0 Å². The molecule has 0 saturated carbocycles. The zero-order valence-corrected chi connectivity index (χ0v) is 19.7. The Morgan fingerprint density at radius 2 is 1.64 bits per heavy atom. The van der Waals surface area contributed by atoms with Crippen molar-refractivity contribution >= 4 is 20.9 Å². The van der Waals surface area contributed by atoms with E-state index < -0.39 is 10.0 Å². The molecule has 2 atom stereocenters. The third-order valence-electron chi connectivity index (χ3n) is 6.80. The van der Waals surface area contributed by atoms with Crippen molar-refractivity contribution in [3.63, 3.8) is 0 Å². The number of aryl methyl sites for hydroxylation is 2. The molecule has 5 rings (SSSR count). The molecule has 0 spiro atoms. The largest absolute Gasteiger partial charge is 0.508 e. The molecule has 1 aliphatic heterocycles. The summed E-state index contributed by atoms with van der Waals surface area (Å²) in [7, 11) is -1.68. The summed E-state index contributed by atoms with van der Waals surface area (Å²) in [5.74, 6) is -0.102. The van der Waals surface area contributed by atoms with E-state index >= 15 is 0 Å². The van der Waals surface area contributed by atoms with Crippen LogP contribution < -0.4 is 0 Å². The molecule has 0 amide bonds. The fourth-order valence-corrected chi connectivity index (χ4v) is 6.90. The molecule has 5 nitrogen and oxygen atoms in total. The Hall–Kier alpha value is -3.09. The van der Waals surface area contributed by atoms with Gasteiger partial charge in [0, 0.05) is 48.2 Å². The van der Waals surface area contributed by atoms with Crippen molar-refractivity contribution in [1.82, 2.24) is 8.87 Å². The Labute approximate surface area is 195 Å². The second kappa shape index (κ2) is 8.36. The van der Waals surface area contributed by atoms with Crippen molar-refractivity contribution < 1.29 is 13.5 Å². The summed E-state index contributed by atoms with van der Waals surface area (Å²) in [5.41, 5.74) is 3.89. The molecule has 1 N–H and O–H groups in total. The number of nitrogens with zero attached hydrogens (tertiary/aromatic N) is 2. The van der Waals surface area contributed by atoms with Crippen LogP contribution in [0, 0.1) is 6.92 Å². The van der Waals surface area contributed by atoms with Gasteiger partial charge in [-0.15, -0.1) is 0 Å². The van der Waals surface area contributed by atoms with E-state index in [1.54, 1.807) is 28.6 Å². The van der Waals surface area contributed by atoms with Gasteiger partial charge in [0.1, 0.15) is 5.75 Å². The van der Waals surface area contributed by atoms with Crippen LogP contribution in [0.1, 0.15) is 35.4 Å². The van der Waals surface area contributed by atoms with Crippen molar-refractivity contribution in [2.24, 2.45) is 7.05 Å². The predicted molar refractivity (Wildman–Crippen MR) is 131 cm³/mol. The highest BCUT2D eigenvalue weighted by molar-refractivity contribution is 7.89. The van der Waals surface area contributed by atoms with Crippen LogP contribution in [-0.2, 0) is 17.1 Å². The Balaban J connectivity index is 1.68. The van der Waals surface area contributed by atoms with Crippen molar-refractivity contribution in [3.8, 4) is 5.75 Å². The predicted octanol–water partition coefficient (Wildman–Crippen LogP) is 5.18. The Morgan fingerprint density at radius 3 is 2.39 bits per heavy atom. The molecule has 4 aromatic rings. The lowest BCUT2D eigenvalue weighted by Gasteiger charge is -2.32. The topological polar surface area (TPSA) is 62.5 Å². The molecule has 0 unspecified atom stereocenters. The summed E-state index contributed by atoms with van der Waals surface area (Å²) >= 11 is 0. The minimum absolute atomic E-state index is 0.190. The molecule has 0 bridgehead atoms. The standard InChI is InChI=1S/C27H28N2O3S/c1-19-13-15-20(16-14-19)33(31,32)29-17-7-11-25(29)27(22-9-4-6-12-26(22)30)23-18-28(2)24-10-5-3-8-21(23)24/h3-6,8-10,12-16,18,25,27,30H,7,11,17H2,1-2H3/t25-,27+/m1/s1. The number of aromatic nitrogens is 1. The highest BCUT2D eigenvalue weighted by Gasteiger charge is 2.42. The van der Waals surface area contributed by atoms with E-state index in [1.807, 2.05) is 50.4 Å². The average molecular weight is 461 g/mol. The van der Waals surface area contributed by atoms with Crippen LogP contribution in [0.15, 0.2) is 83.9 Å². The molecule has 1 aromatic heterocycles. The zero-order valence-electron chi connectivity index (χ0n) is 18.8. The smallest absolute Gasteiger partial charge is 0.243 e. The maximum Gasteiger partial charge on any atom is 0.243 e. The van der Waals surface area contributed by atoms with E-state index in [2.05, 4.69) is 22.9 Å². The van der Waals surface area contributed by atoms with Crippen molar-refractivity contribution in [2.45, 2.75) is 36.6 Å². The first-order valence-electron chi connectivity index (χ1n) is 11.3. The second-order valence-corrected chi connectivity index (χ2v) is 10.8. The first-order chi connectivity index (χ1) is 15.9. The molecule has 1 aliphatic rings. The first kappa shape index (κ1) is 21.7. The molecule has 1 fully saturated rings. The van der Waals surface area contributed by atoms with Crippen LogP contribution in [0.2, 0.25) is 0 Å². The molecular weight excluding hydrogens is 432 g/mol. The van der Waals surface area contributed by atoms with Gasteiger partial charge in [0.25, 0.3) is 0 Å². The number of sulfonamides is 1. The quantitative estimate of drug-likeness (QED) is 0.447. The number of phenolic OH excluding ortho intramolecular Hbond substituents is 1. The van der Waals surface area contributed by atoms with E-state index in [1.165, 1.54) is 0 Å². The van der Waals surface area contributed by atoms with Gasteiger partial charge < -0.3 is 9.67 Å². The molecular formula is C27H28N2O3S. The third-order valence-corrected chi connectivity index (χ3v) is 8.73. The Bertz CT molecular complexity index is 1410. The normalized spacial score (nSPS) is 18.1. The highest BCUT2D eigenvalue weighted by Crippen LogP contribution is 2.44. The average Bonchev–Trinajstić information content (AvgIpc) is 3.42. The molecule has 1 saturated heterocycles. The number of para-hydroxylation sites is 2. The molecule has 0 radical (unpaired) electrons. The zero-order chi connectivity index (χ0) is 23.2. The van der Waals surface area contributed by atoms with E-state index in [-0.39, 0.29) is 17.7 Å². The van der Waals surface area contributed by atoms with Gasteiger partial charge in [0.05, 0.1) is 4.90 Å². The molecule has 6 heteroatoms. The summed E-state index contributed by atoms with van der Waals surface area (Å²) in [6, 6.07) is 22.2. The summed E-state index contributed by atoms with van der Waals surface area (Å²) in [4.78, 5) is 0.314. The summed E-state index contributed by atoms with van der Waals surface area (Å²) in [6.07, 6.45) is 3.59. The van der Waals surface area contributed by atoms with Crippen LogP contribution in [0.4, 0.5) is 0 Å². The van der Waals surface area contributed by atoms with E-state index in [0.29, 0.717) is 11.4 Å². The van der Waals surface area contributed by atoms with Gasteiger partial charge in [-0.25, -0.2) is 8.42 Å². The SMILES string of the molecule is Cc1ccc(S(=O)(=O)N2CCC[C@@H]2[C@@H](c2ccccc2O)c2cn(C)c3ccccc23)cc1. The maximum atomic E-state index is 13.7. The third kappa shape index (κ3) is 3.73. The second-order valence-electron chi connectivity index (χ2n) is 8.89. The lowest BCUT2D eigenvalue weighted by molar-refractivity contribution is 0.354. The van der Waals surface area contributed by atoms with Crippen molar-refractivity contribution in [2.75, 3.05) is 6.54 Å². The summed E-state index contributed by atoms with van der Waals surface area (Å²) in [6.45, 7) is 2.42. The number of benzene rings is 3.